The van der Waals surface area contributed by atoms with Gasteiger partial charge in [-0.25, -0.2) is 8.42 Å². The van der Waals surface area contributed by atoms with Crippen molar-refractivity contribution in [3.63, 3.8) is 0 Å². The van der Waals surface area contributed by atoms with Gasteiger partial charge in [0.15, 0.2) is 0 Å². The topological polar surface area (TPSA) is 74.7 Å². The number of rotatable bonds is 4. The summed E-state index contributed by atoms with van der Waals surface area (Å²) in [6, 6.07) is 1.62. The van der Waals surface area contributed by atoms with Crippen LogP contribution in [0.5, 0.6) is 0 Å². The Kier molecular flexibility index (Phi) is 4.82. The molecular formula is C13H18BrNO4S2. The molecule has 1 aromatic heterocycles. The second-order valence-corrected chi connectivity index (χ2v) is 9.86. The standard InChI is InChI=1S/C13H18BrNO4S2/c1-3-13(12(16)17)4-6-15(7-5-13)21(18,19)10-8-11(14)20-9(10)2/h8H,3-7H2,1-2H3,(H,16,17). The first-order chi connectivity index (χ1) is 9.73. The van der Waals surface area contributed by atoms with E-state index in [1.54, 1.807) is 13.0 Å². The maximum absolute atomic E-state index is 12.7. The summed E-state index contributed by atoms with van der Waals surface area (Å²) in [6.07, 6.45) is 1.25. The number of carbonyl (C=O) groups is 1. The van der Waals surface area contributed by atoms with Gasteiger partial charge in [-0.3, -0.25) is 4.79 Å². The molecule has 0 amide bonds. The molecule has 1 aliphatic heterocycles. The lowest BCUT2D eigenvalue weighted by atomic mass is 9.77. The molecule has 0 aromatic carbocycles. The molecule has 0 aliphatic carbocycles. The van der Waals surface area contributed by atoms with Crippen molar-refractivity contribution in [3.05, 3.63) is 14.7 Å². The van der Waals surface area contributed by atoms with E-state index >= 15 is 0 Å². The lowest BCUT2D eigenvalue weighted by molar-refractivity contribution is -0.151. The van der Waals surface area contributed by atoms with Crippen LogP contribution in [0, 0.1) is 12.3 Å². The van der Waals surface area contributed by atoms with E-state index in [-0.39, 0.29) is 13.1 Å². The molecule has 2 rings (SSSR count). The Hall–Kier alpha value is -0.440. The second-order valence-electron chi connectivity index (χ2n) is 5.31. The Morgan fingerprint density at radius 3 is 2.43 bits per heavy atom. The zero-order valence-electron chi connectivity index (χ0n) is 11.9. The highest BCUT2D eigenvalue weighted by Gasteiger charge is 2.43. The van der Waals surface area contributed by atoms with Crippen molar-refractivity contribution in [3.8, 4) is 0 Å². The number of aliphatic carboxylic acids is 1. The van der Waals surface area contributed by atoms with E-state index in [4.69, 9.17) is 0 Å². The number of carboxylic acid groups (broad SMARTS) is 1. The first-order valence-electron chi connectivity index (χ1n) is 6.72. The van der Waals surface area contributed by atoms with E-state index < -0.39 is 21.4 Å². The van der Waals surface area contributed by atoms with Crippen molar-refractivity contribution >= 4 is 43.3 Å². The van der Waals surface area contributed by atoms with Crippen LogP contribution in [-0.4, -0.2) is 36.9 Å². The van der Waals surface area contributed by atoms with E-state index in [9.17, 15) is 18.3 Å². The smallest absolute Gasteiger partial charge is 0.309 e. The van der Waals surface area contributed by atoms with Crippen LogP contribution in [0.1, 0.15) is 31.1 Å². The van der Waals surface area contributed by atoms with Crippen molar-refractivity contribution in [1.82, 2.24) is 4.31 Å². The summed E-state index contributed by atoms with van der Waals surface area (Å²) >= 11 is 4.69. The van der Waals surface area contributed by atoms with Crippen LogP contribution in [0.3, 0.4) is 0 Å². The van der Waals surface area contributed by atoms with Gasteiger partial charge in [0.2, 0.25) is 10.0 Å². The molecule has 1 aliphatic rings. The molecule has 21 heavy (non-hydrogen) atoms. The van der Waals surface area contributed by atoms with Crippen molar-refractivity contribution in [1.29, 1.82) is 0 Å². The number of aryl methyl sites for hydroxylation is 1. The highest BCUT2D eigenvalue weighted by Crippen LogP contribution is 2.38. The van der Waals surface area contributed by atoms with Crippen LogP contribution >= 0.6 is 27.3 Å². The van der Waals surface area contributed by atoms with Crippen molar-refractivity contribution in [2.75, 3.05) is 13.1 Å². The molecule has 1 fully saturated rings. The van der Waals surface area contributed by atoms with Gasteiger partial charge >= 0.3 is 5.97 Å². The lowest BCUT2D eigenvalue weighted by Gasteiger charge is -2.37. The third kappa shape index (κ3) is 3.04. The van der Waals surface area contributed by atoms with Gasteiger partial charge in [-0.05, 0) is 48.2 Å². The highest BCUT2D eigenvalue weighted by molar-refractivity contribution is 9.11. The van der Waals surface area contributed by atoms with Gasteiger partial charge in [0.25, 0.3) is 0 Å². The molecule has 1 N–H and O–H groups in total. The summed E-state index contributed by atoms with van der Waals surface area (Å²) in [4.78, 5) is 12.5. The number of thiophene rings is 1. The van der Waals surface area contributed by atoms with Crippen molar-refractivity contribution < 1.29 is 18.3 Å². The predicted molar refractivity (Wildman–Crippen MR) is 85.1 cm³/mol. The molecule has 0 saturated carbocycles. The molecule has 5 nitrogen and oxygen atoms in total. The molecule has 1 saturated heterocycles. The van der Waals surface area contributed by atoms with Crippen molar-refractivity contribution in [2.24, 2.45) is 5.41 Å². The number of hydrogen-bond acceptors (Lipinski definition) is 4. The molecule has 0 radical (unpaired) electrons. The third-order valence-electron chi connectivity index (χ3n) is 4.27. The molecule has 0 unspecified atom stereocenters. The van der Waals surface area contributed by atoms with Crippen LogP contribution in [-0.2, 0) is 14.8 Å². The van der Waals surface area contributed by atoms with E-state index in [1.807, 2.05) is 6.92 Å². The Balaban J connectivity index is 2.22. The Morgan fingerprint density at radius 2 is 2.05 bits per heavy atom. The van der Waals surface area contributed by atoms with Crippen LogP contribution in [0.4, 0.5) is 0 Å². The van der Waals surface area contributed by atoms with Gasteiger partial charge in [0, 0.05) is 18.0 Å². The van der Waals surface area contributed by atoms with Gasteiger partial charge < -0.3 is 5.11 Å². The van der Waals surface area contributed by atoms with Gasteiger partial charge in [-0.2, -0.15) is 4.31 Å². The SMILES string of the molecule is CCC1(C(=O)O)CCN(S(=O)(=O)c2cc(Br)sc2C)CC1. The van der Waals surface area contributed by atoms with Crippen LogP contribution in [0.15, 0.2) is 14.7 Å². The molecular weight excluding hydrogens is 378 g/mol. The second kappa shape index (κ2) is 5.98. The molecule has 118 valence electrons. The van der Waals surface area contributed by atoms with Crippen LogP contribution in [0.25, 0.3) is 0 Å². The number of piperidine rings is 1. The third-order valence-corrected chi connectivity index (χ3v) is 7.98. The van der Waals surface area contributed by atoms with E-state index in [2.05, 4.69) is 15.9 Å². The minimum absolute atomic E-state index is 0.259. The molecule has 0 bridgehead atoms. The number of hydrogen-bond donors (Lipinski definition) is 1. The number of nitrogens with zero attached hydrogens (tertiary/aromatic N) is 1. The summed E-state index contributed by atoms with van der Waals surface area (Å²) in [6.45, 7) is 4.14. The first-order valence-corrected chi connectivity index (χ1v) is 9.77. The lowest BCUT2D eigenvalue weighted by Crippen LogP contribution is -2.46. The number of carboxylic acids is 1. The fourth-order valence-corrected chi connectivity index (χ4v) is 6.52. The number of halogens is 1. The monoisotopic (exact) mass is 395 g/mol. The summed E-state index contributed by atoms with van der Waals surface area (Å²) in [5, 5.41) is 9.37. The minimum Gasteiger partial charge on any atom is -0.481 e. The highest BCUT2D eigenvalue weighted by atomic mass is 79.9. The summed E-state index contributed by atoms with van der Waals surface area (Å²) in [5.74, 6) is -0.823. The van der Waals surface area contributed by atoms with Crippen LogP contribution < -0.4 is 0 Å². The van der Waals surface area contributed by atoms with E-state index in [0.29, 0.717) is 24.2 Å². The van der Waals surface area contributed by atoms with Gasteiger partial charge in [-0.1, -0.05) is 6.92 Å². The zero-order chi connectivity index (χ0) is 15.8. The first kappa shape index (κ1) is 16.9. The Labute approximate surface area is 137 Å². The quantitative estimate of drug-likeness (QED) is 0.849. The van der Waals surface area contributed by atoms with Gasteiger partial charge in [0.05, 0.1) is 14.1 Å². The van der Waals surface area contributed by atoms with E-state index in [0.717, 1.165) is 8.66 Å². The maximum atomic E-state index is 12.7. The molecule has 2 heterocycles. The summed E-state index contributed by atoms with van der Waals surface area (Å²) in [5.41, 5.74) is -0.781. The minimum atomic E-state index is -3.54. The van der Waals surface area contributed by atoms with Gasteiger partial charge in [-0.15, -0.1) is 11.3 Å². The summed E-state index contributed by atoms with van der Waals surface area (Å²) in [7, 11) is -3.54. The molecule has 1 aromatic rings. The Morgan fingerprint density at radius 1 is 1.48 bits per heavy atom. The maximum Gasteiger partial charge on any atom is 0.309 e. The predicted octanol–water partition coefficient (Wildman–Crippen LogP) is 3.08. The largest absolute Gasteiger partial charge is 0.481 e. The Bertz CT molecular complexity index is 645. The number of sulfonamides is 1. The fourth-order valence-electron chi connectivity index (χ4n) is 2.70. The fraction of sp³-hybridized carbons (Fsp3) is 0.615. The molecule has 0 spiro atoms. The molecule has 8 heteroatoms. The van der Waals surface area contributed by atoms with Gasteiger partial charge in [0.1, 0.15) is 0 Å². The van der Waals surface area contributed by atoms with Crippen molar-refractivity contribution in [2.45, 2.75) is 38.0 Å². The molecule has 0 atom stereocenters. The zero-order valence-corrected chi connectivity index (χ0v) is 15.1. The summed E-state index contributed by atoms with van der Waals surface area (Å²) < 4.78 is 27.5. The average molecular weight is 396 g/mol. The average Bonchev–Trinajstić information content (AvgIpc) is 2.78. The van der Waals surface area contributed by atoms with Crippen LogP contribution in [0.2, 0.25) is 0 Å². The normalized spacial score (nSPS) is 19.6. The van der Waals surface area contributed by atoms with E-state index in [1.165, 1.54) is 15.6 Å².